The summed E-state index contributed by atoms with van der Waals surface area (Å²) in [5.41, 5.74) is 0.966. The van der Waals surface area contributed by atoms with Crippen LogP contribution in [-0.2, 0) is 11.2 Å². The lowest BCUT2D eigenvalue weighted by molar-refractivity contribution is -0.127. The third kappa shape index (κ3) is 5.68. The Morgan fingerprint density at radius 3 is 2.45 bits per heavy atom. The van der Waals surface area contributed by atoms with Crippen LogP contribution in [0.2, 0.25) is 0 Å². The second kappa shape index (κ2) is 9.73. The zero-order chi connectivity index (χ0) is 23.5. The second-order valence-electron chi connectivity index (χ2n) is 9.28. The Morgan fingerprint density at radius 1 is 1.09 bits per heavy atom. The van der Waals surface area contributed by atoms with Crippen molar-refractivity contribution in [2.24, 2.45) is 5.41 Å². The number of nitrogens with zero attached hydrogens (tertiary/aromatic N) is 4. The molecule has 0 atom stereocenters. The van der Waals surface area contributed by atoms with Gasteiger partial charge in [-0.25, -0.2) is 14.8 Å². The first-order valence-electron chi connectivity index (χ1n) is 11.8. The summed E-state index contributed by atoms with van der Waals surface area (Å²) in [7, 11) is 0. The fraction of sp³-hybridized carbons (Fsp3) is 0.625. The van der Waals surface area contributed by atoms with Gasteiger partial charge in [-0.1, -0.05) is 19.4 Å². The lowest BCUT2D eigenvalue weighted by Crippen LogP contribution is -2.48. The van der Waals surface area contributed by atoms with Gasteiger partial charge >= 0.3 is 12.3 Å². The Labute approximate surface area is 192 Å². The minimum Gasteiger partial charge on any atom is -0.449 e. The number of carbonyl (C=O) groups excluding carboxylic acids is 1. The maximum atomic E-state index is 12.8. The highest BCUT2D eigenvalue weighted by atomic mass is 19.4. The molecule has 0 bridgehead atoms. The SMILES string of the molecule is CCCCOC(=O)N1CCC2(CC1)CCN(c1ncnc3cc(CC(F)(F)F)ccc13)CC2. The molecule has 180 valence electrons. The van der Waals surface area contributed by atoms with E-state index in [0.717, 1.165) is 75.9 Å². The lowest BCUT2D eigenvalue weighted by Gasteiger charge is -2.46. The zero-order valence-corrected chi connectivity index (χ0v) is 19.0. The number of halogens is 3. The van der Waals surface area contributed by atoms with E-state index in [1.54, 1.807) is 6.07 Å². The van der Waals surface area contributed by atoms with E-state index in [9.17, 15) is 18.0 Å². The lowest BCUT2D eigenvalue weighted by atomic mass is 9.71. The predicted molar refractivity (Wildman–Crippen MR) is 120 cm³/mol. The van der Waals surface area contributed by atoms with Gasteiger partial charge in [0.15, 0.2) is 0 Å². The Balaban J connectivity index is 1.37. The topological polar surface area (TPSA) is 58.6 Å². The first-order chi connectivity index (χ1) is 15.8. The summed E-state index contributed by atoms with van der Waals surface area (Å²) in [6, 6.07) is 4.73. The first-order valence-corrected chi connectivity index (χ1v) is 11.8. The Bertz CT molecular complexity index is 964. The number of carbonyl (C=O) groups is 1. The summed E-state index contributed by atoms with van der Waals surface area (Å²) >= 11 is 0. The number of rotatable bonds is 5. The van der Waals surface area contributed by atoms with Gasteiger partial charge in [-0.05, 0) is 55.2 Å². The van der Waals surface area contributed by atoms with Gasteiger partial charge in [0.25, 0.3) is 0 Å². The van der Waals surface area contributed by atoms with E-state index in [4.69, 9.17) is 4.74 Å². The maximum Gasteiger partial charge on any atom is 0.409 e. The van der Waals surface area contributed by atoms with Crippen LogP contribution in [-0.4, -0.2) is 59.9 Å². The van der Waals surface area contributed by atoms with Crippen LogP contribution in [0.25, 0.3) is 10.9 Å². The third-order valence-electron chi connectivity index (χ3n) is 7.01. The average molecular weight is 465 g/mol. The van der Waals surface area contributed by atoms with Gasteiger partial charge in [-0.3, -0.25) is 0 Å². The fourth-order valence-corrected chi connectivity index (χ4v) is 4.93. The second-order valence-corrected chi connectivity index (χ2v) is 9.28. The van der Waals surface area contributed by atoms with Crippen molar-refractivity contribution in [3.8, 4) is 0 Å². The number of anilines is 1. The monoisotopic (exact) mass is 464 g/mol. The van der Waals surface area contributed by atoms with Crippen molar-refractivity contribution < 1.29 is 22.7 Å². The molecule has 3 heterocycles. The number of piperidine rings is 2. The number of alkyl halides is 3. The van der Waals surface area contributed by atoms with Crippen molar-refractivity contribution in [3.05, 3.63) is 30.1 Å². The normalized spacial score (nSPS) is 18.7. The predicted octanol–water partition coefficient (Wildman–Crippen LogP) is 5.35. The van der Waals surface area contributed by atoms with E-state index in [2.05, 4.69) is 21.8 Å². The van der Waals surface area contributed by atoms with Gasteiger partial charge in [-0.2, -0.15) is 13.2 Å². The van der Waals surface area contributed by atoms with Gasteiger partial charge in [0.05, 0.1) is 18.5 Å². The molecule has 2 aliphatic rings. The van der Waals surface area contributed by atoms with E-state index < -0.39 is 12.6 Å². The third-order valence-corrected chi connectivity index (χ3v) is 7.01. The highest BCUT2D eigenvalue weighted by Crippen LogP contribution is 2.42. The van der Waals surface area contributed by atoms with Crippen LogP contribution >= 0.6 is 0 Å². The van der Waals surface area contributed by atoms with E-state index in [1.165, 1.54) is 18.5 Å². The molecule has 2 aromatic rings. The van der Waals surface area contributed by atoms with Crippen LogP contribution in [0.1, 0.15) is 51.0 Å². The number of ether oxygens (including phenoxy) is 1. The average Bonchev–Trinajstić information content (AvgIpc) is 2.79. The molecular weight excluding hydrogens is 433 g/mol. The Hall–Kier alpha value is -2.58. The molecule has 33 heavy (non-hydrogen) atoms. The highest BCUT2D eigenvalue weighted by molar-refractivity contribution is 5.89. The minimum atomic E-state index is -4.24. The molecule has 0 saturated carbocycles. The van der Waals surface area contributed by atoms with Gasteiger partial charge in [0.1, 0.15) is 12.1 Å². The Kier molecular flexibility index (Phi) is 6.95. The molecule has 2 aliphatic heterocycles. The van der Waals surface area contributed by atoms with Gasteiger partial charge in [0, 0.05) is 31.6 Å². The number of benzene rings is 1. The summed E-state index contributed by atoms with van der Waals surface area (Å²) < 4.78 is 43.6. The van der Waals surface area contributed by atoms with Crippen LogP contribution in [0.4, 0.5) is 23.8 Å². The quantitative estimate of drug-likeness (QED) is 0.558. The maximum absolute atomic E-state index is 12.8. The van der Waals surface area contributed by atoms with Crippen molar-refractivity contribution in [2.45, 2.75) is 58.0 Å². The molecular formula is C24H31F3N4O2. The number of unbranched alkanes of at least 4 members (excludes halogenated alkanes) is 1. The molecule has 1 aromatic carbocycles. The number of aromatic nitrogens is 2. The largest absolute Gasteiger partial charge is 0.449 e. The molecule has 6 nitrogen and oxygen atoms in total. The van der Waals surface area contributed by atoms with Crippen LogP contribution in [0.15, 0.2) is 24.5 Å². The summed E-state index contributed by atoms with van der Waals surface area (Å²) in [4.78, 5) is 24.9. The molecule has 2 fully saturated rings. The van der Waals surface area contributed by atoms with E-state index in [-0.39, 0.29) is 17.1 Å². The number of fused-ring (bicyclic) bond motifs is 1. The van der Waals surface area contributed by atoms with Crippen molar-refractivity contribution in [1.29, 1.82) is 0 Å². The van der Waals surface area contributed by atoms with Gasteiger partial charge in [0.2, 0.25) is 0 Å². The molecule has 1 spiro atoms. The molecule has 1 amide bonds. The molecule has 0 N–H and O–H groups in total. The highest BCUT2D eigenvalue weighted by Gasteiger charge is 2.39. The summed E-state index contributed by atoms with van der Waals surface area (Å²) in [5.74, 6) is 0.783. The first kappa shape index (κ1) is 23.6. The number of likely N-dealkylation sites (tertiary alicyclic amines) is 1. The molecule has 9 heteroatoms. The van der Waals surface area contributed by atoms with Crippen molar-refractivity contribution >= 4 is 22.8 Å². The zero-order valence-electron chi connectivity index (χ0n) is 19.0. The summed E-state index contributed by atoms with van der Waals surface area (Å²) in [6.07, 6.45) is 1.86. The molecule has 0 aliphatic carbocycles. The van der Waals surface area contributed by atoms with E-state index in [1.807, 2.05) is 4.90 Å². The molecule has 4 rings (SSSR count). The fourth-order valence-electron chi connectivity index (χ4n) is 4.93. The number of amides is 1. The van der Waals surface area contributed by atoms with E-state index in [0.29, 0.717) is 12.1 Å². The standard InChI is InChI=1S/C24H31F3N4O2/c1-2-3-14-33-22(32)31-12-8-23(9-13-31)6-10-30(11-7-23)21-19-5-4-18(16-24(25,26)27)15-20(19)28-17-29-21/h4-5,15,17H,2-3,6-14,16H2,1H3. The summed E-state index contributed by atoms with van der Waals surface area (Å²) in [6.45, 7) is 5.66. The van der Waals surface area contributed by atoms with Crippen molar-refractivity contribution in [2.75, 3.05) is 37.7 Å². The van der Waals surface area contributed by atoms with Crippen LogP contribution < -0.4 is 4.90 Å². The molecule has 2 saturated heterocycles. The number of hydrogen-bond donors (Lipinski definition) is 0. The van der Waals surface area contributed by atoms with Crippen molar-refractivity contribution in [1.82, 2.24) is 14.9 Å². The molecule has 0 radical (unpaired) electrons. The summed E-state index contributed by atoms with van der Waals surface area (Å²) in [5, 5.41) is 0.781. The Morgan fingerprint density at radius 2 is 1.79 bits per heavy atom. The molecule has 0 unspecified atom stereocenters. The van der Waals surface area contributed by atoms with Crippen LogP contribution in [0.5, 0.6) is 0 Å². The minimum absolute atomic E-state index is 0.201. The van der Waals surface area contributed by atoms with Gasteiger partial charge in [-0.15, -0.1) is 0 Å². The van der Waals surface area contributed by atoms with Gasteiger partial charge < -0.3 is 14.5 Å². The number of hydrogen-bond acceptors (Lipinski definition) is 5. The van der Waals surface area contributed by atoms with Crippen molar-refractivity contribution in [3.63, 3.8) is 0 Å². The van der Waals surface area contributed by atoms with E-state index >= 15 is 0 Å². The van der Waals surface area contributed by atoms with Crippen LogP contribution in [0.3, 0.4) is 0 Å². The smallest absolute Gasteiger partial charge is 0.409 e. The molecule has 1 aromatic heterocycles. The van der Waals surface area contributed by atoms with Crippen LogP contribution in [0, 0.1) is 5.41 Å².